The maximum Gasteiger partial charge on any atom is 0.0755 e. The zero-order valence-corrected chi connectivity index (χ0v) is 12.4. The number of thiophene rings is 1. The average molecular weight is 336 g/mol. The summed E-state index contributed by atoms with van der Waals surface area (Å²) in [6, 6.07) is 7.64. The van der Waals surface area contributed by atoms with Crippen LogP contribution in [0.1, 0.15) is 20.8 Å². The van der Waals surface area contributed by atoms with Crippen LogP contribution in [0, 0.1) is 6.92 Å². The Morgan fingerprint density at radius 3 is 2.62 bits per heavy atom. The van der Waals surface area contributed by atoms with Crippen LogP contribution in [-0.2, 0) is 0 Å². The van der Waals surface area contributed by atoms with E-state index >= 15 is 0 Å². The highest BCUT2D eigenvalue weighted by molar-refractivity contribution is 9.09. The fraction of sp³-hybridized carbons (Fsp3) is 0.167. The predicted octanol–water partition coefficient (Wildman–Crippen LogP) is 5.85. The Hall–Kier alpha value is -0.0200. The van der Waals surface area contributed by atoms with E-state index in [1.165, 1.54) is 10.4 Å². The molecule has 1 heterocycles. The van der Waals surface area contributed by atoms with E-state index in [0.717, 1.165) is 10.6 Å². The Bertz CT molecular complexity index is 507. The van der Waals surface area contributed by atoms with Crippen molar-refractivity contribution in [2.75, 3.05) is 0 Å². The predicted molar refractivity (Wildman–Crippen MR) is 76.3 cm³/mol. The molecule has 0 radical (unpaired) electrons. The van der Waals surface area contributed by atoms with Gasteiger partial charge >= 0.3 is 0 Å². The Kier molecular flexibility index (Phi) is 3.96. The molecule has 0 amide bonds. The van der Waals surface area contributed by atoms with E-state index in [1.54, 1.807) is 17.4 Å². The number of hydrogen-bond acceptors (Lipinski definition) is 1. The molecule has 0 bridgehead atoms. The fourth-order valence-electron chi connectivity index (χ4n) is 1.49. The lowest BCUT2D eigenvalue weighted by Gasteiger charge is -2.12. The first kappa shape index (κ1) is 12.4. The summed E-state index contributed by atoms with van der Waals surface area (Å²) in [5.41, 5.74) is 2.28. The van der Waals surface area contributed by atoms with E-state index in [9.17, 15) is 0 Å². The number of aryl methyl sites for hydroxylation is 1. The van der Waals surface area contributed by atoms with Crippen molar-refractivity contribution in [2.45, 2.75) is 11.8 Å². The molecule has 4 heteroatoms. The molecule has 0 N–H and O–H groups in total. The van der Waals surface area contributed by atoms with Crippen molar-refractivity contribution in [3.63, 3.8) is 0 Å². The monoisotopic (exact) mass is 334 g/mol. The van der Waals surface area contributed by atoms with Gasteiger partial charge in [-0.05, 0) is 47.7 Å². The lowest BCUT2D eigenvalue weighted by atomic mass is 10.1. The highest BCUT2D eigenvalue weighted by Gasteiger charge is 2.17. The molecule has 0 spiro atoms. The second kappa shape index (κ2) is 5.09. The van der Waals surface area contributed by atoms with Crippen LogP contribution in [0.15, 0.2) is 29.6 Å². The van der Waals surface area contributed by atoms with Crippen LogP contribution in [0.4, 0.5) is 0 Å². The Morgan fingerprint density at radius 2 is 2.00 bits per heavy atom. The summed E-state index contributed by atoms with van der Waals surface area (Å²) in [5.74, 6) is 0. The molecule has 1 aromatic carbocycles. The number of rotatable bonds is 2. The van der Waals surface area contributed by atoms with Crippen LogP contribution in [0.3, 0.4) is 0 Å². The first-order chi connectivity index (χ1) is 7.59. The maximum absolute atomic E-state index is 6.18. The molecule has 0 saturated carbocycles. The van der Waals surface area contributed by atoms with Gasteiger partial charge in [0, 0.05) is 14.9 Å². The van der Waals surface area contributed by atoms with Gasteiger partial charge in [0.25, 0.3) is 0 Å². The number of alkyl halides is 1. The topological polar surface area (TPSA) is 0 Å². The Labute approximate surface area is 117 Å². The largest absolute Gasteiger partial charge is 0.147 e. The first-order valence-corrected chi connectivity index (χ1v) is 7.27. The highest BCUT2D eigenvalue weighted by atomic mass is 79.9. The van der Waals surface area contributed by atoms with Gasteiger partial charge in [-0.3, -0.25) is 0 Å². The molecule has 16 heavy (non-hydrogen) atoms. The number of hydrogen-bond donors (Lipinski definition) is 0. The van der Waals surface area contributed by atoms with E-state index in [-0.39, 0.29) is 4.83 Å². The zero-order valence-electron chi connectivity index (χ0n) is 8.51. The SMILES string of the molecule is Cc1ccsc1C(Br)c1cc(Cl)ccc1Cl. The molecule has 0 nitrogen and oxygen atoms in total. The third-order valence-electron chi connectivity index (χ3n) is 2.36. The summed E-state index contributed by atoms with van der Waals surface area (Å²) in [6.45, 7) is 2.10. The van der Waals surface area contributed by atoms with Crippen molar-refractivity contribution in [1.82, 2.24) is 0 Å². The third-order valence-corrected chi connectivity index (χ3v) is 5.28. The van der Waals surface area contributed by atoms with Gasteiger partial charge in [0.2, 0.25) is 0 Å². The molecular formula is C12H9BrCl2S. The summed E-state index contributed by atoms with van der Waals surface area (Å²) < 4.78 is 0. The van der Waals surface area contributed by atoms with Crippen LogP contribution >= 0.6 is 50.5 Å². The number of benzene rings is 1. The standard InChI is InChI=1S/C12H9BrCl2S/c1-7-4-5-16-12(7)11(13)9-6-8(14)2-3-10(9)15/h2-6,11H,1H3. The van der Waals surface area contributed by atoms with E-state index in [1.807, 2.05) is 12.1 Å². The zero-order chi connectivity index (χ0) is 11.7. The van der Waals surface area contributed by atoms with E-state index in [4.69, 9.17) is 23.2 Å². The van der Waals surface area contributed by atoms with Gasteiger partial charge in [-0.2, -0.15) is 0 Å². The second-order valence-corrected chi connectivity index (χ2v) is 6.20. The minimum Gasteiger partial charge on any atom is -0.147 e. The Balaban J connectivity index is 2.45. The second-order valence-electron chi connectivity index (χ2n) is 3.50. The quantitative estimate of drug-likeness (QED) is 0.604. The van der Waals surface area contributed by atoms with Crippen LogP contribution in [-0.4, -0.2) is 0 Å². The maximum atomic E-state index is 6.18. The smallest absolute Gasteiger partial charge is 0.0755 e. The molecule has 2 aromatic rings. The van der Waals surface area contributed by atoms with E-state index in [0.29, 0.717) is 5.02 Å². The van der Waals surface area contributed by atoms with Crippen molar-refractivity contribution < 1.29 is 0 Å². The van der Waals surface area contributed by atoms with Crippen molar-refractivity contribution in [3.8, 4) is 0 Å². The molecule has 84 valence electrons. The average Bonchev–Trinajstić information content (AvgIpc) is 2.67. The molecule has 1 aromatic heterocycles. The molecule has 2 rings (SSSR count). The van der Waals surface area contributed by atoms with Gasteiger partial charge in [-0.25, -0.2) is 0 Å². The van der Waals surface area contributed by atoms with Gasteiger partial charge in [-0.1, -0.05) is 39.1 Å². The summed E-state index contributed by atoms with van der Waals surface area (Å²) in [7, 11) is 0. The summed E-state index contributed by atoms with van der Waals surface area (Å²) in [6.07, 6.45) is 0. The van der Waals surface area contributed by atoms with E-state index < -0.39 is 0 Å². The summed E-state index contributed by atoms with van der Waals surface area (Å²) in [5, 5.41) is 3.52. The molecule has 0 aliphatic heterocycles. The van der Waals surface area contributed by atoms with Gasteiger partial charge in [0.05, 0.1) is 4.83 Å². The van der Waals surface area contributed by atoms with Gasteiger partial charge in [0.15, 0.2) is 0 Å². The van der Waals surface area contributed by atoms with Crippen molar-refractivity contribution in [2.24, 2.45) is 0 Å². The lowest BCUT2D eigenvalue weighted by molar-refractivity contribution is 1.20. The van der Waals surface area contributed by atoms with Crippen molar-refractivity contribution >= 4 is 50.5 Å². The van der Waals surface area contributed by atoms with Crippen LogP contribution in [0.5, 0.6) is 0 Å². The Morgan fingerprint density at radius 1 is 1.25 bits per heavy atom. The van der Waals surface area contributed by atoms with Crippen molar-refractivity contribution in [3.05, 3.63) is 55.7 Å². The van der Waals surface area contributed by atoms with Crippen LogP contribution in [0.2, 0.25) is 10.0 Å². The molecule has 0 aliphatic carbocycles. The molecular weight excluding hydrogens is 327 g/mol. The van der Waals surface area contributed by atoms with Crippen LogP contribution < -0.4 is 0 Å². The minimum atomic E-state index is 0.110. The summed E-state index contributed by atoms with van der Waals surface area (Å²) >= 11 is 17.6. The van der Waals surface area contributed by atoms with Crippen molar-refractivity contribution in [1.29, 1.82) is 0 Å². The molecule has 0 aliphatic rings. The molecule has 1 unspecified atom stereocenters. The fourth-order valence-corrected chi connectivity index (χ4v) is 4.02. The summed E-state index contributed by atoms with van der Waals surface area (Å²) in [4.78, 5) is 1.38. The number of halogens is 3. The molecule has 1 atom stereocenters. The van der Waals surface area contributed by atoms with Crippen LogP contribution in [0.25, 0.3) is 0 Å². The van der Waals surface area contributed by atoms with Gasteiger partial charge < -0.3 is 0 Å². The van der Waals surface area contributed by atoms with Gasteiger partial charge in [0.1, 0.15) is 0 Å². The highest BCUT2D eigenvalue weighted by Crippen LogP contribution is 2.40. The normalized spacial score (nSPS) is 12.8. The molecule has 0 fully saturated rings. The minimum absolute atomic E-state index is 0.110. The third kappa shape index (κ3) is 2.45. The van der Waals surface area contributed by atoms with E-state index in [2.05, 4.69) is 34.3 Å². The lowest BCUT2D eigenvalue weighted by Crippen LogP contribution is -1.93. The first-order valence-electron chi connectivity index (χ1n) is 4.72. The molecule has 0 saturated heterocycles. The van der Waals surface area contributed by atoms with Gasteiger partial charge in [-0.15, -0.1) is 11.3 Å².